The zero-order valence-corrected chi connectivity index (χ0v) is 10.0. The van der Waals surface area contributed by atoms with Gasteiger partial charge in [0.25, 0.3) is 5.69 Å². The molecule has 0 saturated heterocycles. The summed E-state index contributed by atoms with van der Waals surface area (Å²) in [6, 6.07) is 4.80. The molecular weight excluding hydrogens is 220 g/mol. The number of fused-ring (bicyclic) bond motifs is 1. The number of ether oxygens (including phenoxy) is 1. The Morgan fingerprint density at radius 1 is 1.53 bits per heavy atom. The van der Waals surface area contributed by atoms with Gasteiger partial charge < -0.3 is 9.64 Å². The molecule has 0 unspecified atom stereocenters. The van der Waals surface area contributed by atoms with Crippen LogP contribution in [0.15, 0.2) is 18.2 Å². The molecule has 0 amide bonds. The number of benzene rings is 1. The highest BCUT2D eigenvalue weighted by molar-refractivity contribution is 5.63. The molecule has 1 aliphatic rings. The fraction of sp³-hybridized carbons (Fsp3) is 0.500. The van der Waals surface area contributed by atoms with Crippen molar-refractivity contribution in [2.75, 3.05) is 24.6 Å². The molecule has 0 N–H and O–H groups in total. The number of hydrogen-bond donors (Lipinski definition) is 0. The van der Waals surface area contributed by atoms with Crippen LogP contribution in [0, 0.1) is 16.0 Å². The van der Waals surface area contributed by atoms with Crippen molar-refractivity contribution in [3.63, 3.8) is 0 Å². The predicted molar refractivity (Wildman–Crippen MR) is 65.6 cm³/mol. The summed E-state index contributed by atoms with van der Waals surface area (Å²) in [4.78, 5) is 12.5. The lowest BCUT2D eigenvalue weighted by Gasteiger charge is -2.32. The van der Waals surface area contributed by atoms with Crippen LogP contribution < -0.4 is 9.64 Å². The Kier molecular flexibility index (Phi) is 3.17. The van der Waals surface area contributed by atoms with Gasteiger partial charge in [-0.15, -0.1) is 0 Å². The third-order valence-corrected chi connectivity index (χ3v) is 2.70. The third kappa shape index (κ3) is 2.49. The Bertz CT molecular complexity index is 432. The monoisotopic (exact) mass is 236 g/mol. The van der Waals surface area contributed by atoms with Crippen LogP contribution in [0.5, 0.6) is 5.75 Å². The molecule has 0 aromatic heterocycles. The lowest BCUT2D eigenvalue weighted by atomic mass is 10.1. The molecule has 5 nitrogen and oxygen atoms in total. The van der Waals surface area contributed by atoms with Crippen LogP contribution in [0.1, 0.15) is 13.8 Å². The van der Waals surface area contributed by atoms with Crippen molar-refractivity contribution in [3.05, 3.63) is 28.3 Å². The molecule has 1 heterocycles. The standard InChI is InChI=1S/C12H16N2O3/c1-9(2)8-13-5-6-17-12-7-10(14(15)16)3-4-11(12)13/h3-4,7,9H,5-6,8H2,1-2H3. The van der Waals surface area contributed by atoms with E-state index in [1.807, 2.05) is 0 Å². The number of nitro groups is 1. The minimum atomic E-state index is -0.398. The molecule has 1 aromatic carbocycles. The fourth-order valence-electron chi connectivity index (χ4n) is 2.01. The van der Waals surface area contributed by atoms with Crippen LogP contribution in [0.4, 0.5) is 11.4 Å². The van der Waals surface area contributed by atoms with Crippen molar-refractivity contribution in [2.45, 2.75) is 13.8 Å². The Morgan fingerprint density at radius 2 is 2.29 bits per heavy atom. The van der Waals surface area contributed by atoms with Crippen LogP contribution in [0.3, 0.4) is 0 Å². The minimum absolute atomic E-state index is 0.0788. The molecule has 5 heteroatoms. The van der Waals surface area contributed by atoms with Crippen molar-refractivity contribution < 1.29 is 9.66 Å². The Balaban J connectivity index is 2.30. The predicted octanol–water partition coefficient (Wildman–Crippen LogP) is 2.45. The minimum Gasteiger partial charge on any atom is -0.489 e. The van der Waals surface area contributed by atoms with E-state index in [9.17, 15) is 10.1 Å². The van der Waals surface area contributed by atoms with Crippen LogP contribution in [0.2, 0.25) is 0 Å². The van der Waals surface area contributed by atoms with E-state index in [-0.39, 0.29) is 5.69 Å². The number of nitrogens with zero attached hydrogens (tertiary/aromatic N) is 2. The number of non-ortho nitro benzene ring substituents is 1. The second-order valence-electron chi connectivity index (χ2n) is 4.60. The first kappa shape index (κ1) is 11.7. The summed E-state index contributed by atoms with van der Waals surface area (Å²) in [5.74, 6) is 1.17. The van der Waals surface area contributed by atoms with Crippen LogP contribution in [-0.4, -0.2) is 24.6 Å². The number of rotatable bonds is 3. The first-order valence-corrected chi connectivity index (χ1v) is 5.74. The van der Waals surface area contributed by atoms with Crippen molar-refractivity contribution in [3.8, 4) is 5.75 Å². The van der Waals surface area contributed by atoms with E-state index >= 15 is 0 Å². The largest absolute Gasteiger partial charge is 0.489 e. The van der Waals surface area contributed by atoms with Gasteiger partial charge >= 0.3 is 0 Å². The summed E-state index contributed by atoms with van der Waals surface area (Å²) >= 11 is 0. The topological polar surface area (TPSA) is 55.6 Å². The van der Waals surface area contributed by atoms with Gasteiger partial charge in [-0.25, -0.2) is 0 Å². The van der Waals surface area contributed by atoms with E-state index in [0.29, 0.717) is 18.3 Å². The first-order valence-electron chi connectivity index (χ1n) is 5.74. The average Bonchev–Trinajstić information content (AvgIpc) is 2.28. The number of hydrogen-bond acceptors (Lipinski definition) is 4. The Morgan fingerprint density at radius 3 is 2.94 bits per heavy atom. The molecule has 0 fully saturated rings. The van der Waals surface area contributed by atoms with Crippen molar-refractivity contribution in [1.29, 1.82) is 0 Å². The lowest BCUT2D eigenvalue weighted by Crippen LogP contribution is -2.35. The molecule has 0 spiro atoms. The maximum absolute atomic E-state index is 10.7. The Labute approximate surface area is 100 Å². The van der Waals surface area contributed by atoms with Crippen molar-refractivity contribution in [1.82, 2.24) is 0 Å². The van der Waals surface area contributed by atoms with E-state index in [4.69, 9.17) is 4.74 Å². The molecule has 2 rings (SSSR count). The molecule has 17 heavy (non-hydrogen) atoms. The van der Waals surface area contributed by atoms with E-state index < -0.39 is 4.92 Å². The molecule has 1 aromatic rings. The van der Waals surface area contributed by atoms with Gasteiger partial charge in [-0.2, -0.15) is 0 Å². The Hall–Kier alpha value is -1.78. The second-order valence-corrected chi connectivity index (χ2v) is 4.60. The molecule has 0 atom stereocenters. The summed E-state index contributed by atoms with van der Waals surface area (Å²) in [7, 11) is 0. The van der Waals surface area contributed by atoms with Gasteiger partial charge in [0.1, 0.15) is 12.4 Å². The summed E-state index contributed by atoms with van der Waals surface area (Å²) < 4.78 is 5.48. The fourth-order valence-corrected chi connectivity index (χ4v) is 2.01. The highest BCUT2D eigenvalue weighted by atomic mass is 16.6. The maximum atomic E-state index is 10.7. The number of nitro benzene ring substituents is 1. The molecule has 92 valence electrons. The molecule has 0 aliphatic carbocycles. The molecule has 0 saturated carbocycles. The molecule has 0 bridgehead atoms. The summed E-state index contributed by atoms with van der Waals surface area (Å²) in [5.41, 5.74) is 1.03. The van der Waals surface area contributed by atoms with Crippen molar-refractivity contribution >= 4 is 11.4 Å². The smallest absolute Gasteiger partial charge is 0.273 e. The van der Waals surface area contributed by atoms with E-state index in [2.05, 4.69) is 18.7 Å². The zero-order chi connectivity index (χ0) is 12.4. The SMILES string of the molecule is CC(C)CN1CCOc2cc([N+](=O)[O-])ccc21. The normalized spacial score (nSPS) is 14.4. The van der Waals surface area contributed by atoms with E-state index in [1.165, 1.54) is 12.1 Å². The van der Waals surface area contributed by atoms with Gasteiger partial charge in [0.05, 0.1) is 23.2 Å². The molecule has 0 radical (unpaired) electrons. The summed E-state index contributed by atoms with van der Waals surface area (Å²) in [5, 5.41) is 10.7. The van der Waals surface area contributed by atoms with Gasteiger partial charge in [0, 0.05) is 12.6 Å². The quantitative estimate of drug-likeness (QED) is 0.597. The lowest BCUT2D eigenvalue weighted by molar-refractivity contribution is -0.384. The summed E-state index contributed by atoms with van der Waals surface area (Å²) in [6.07, 6.45) is 0. The summed E-state index contributed by atoms with van der Waals surface area (Å²) in [6.45, 7) is 6.67. The third-order valence-electron chi connectivity index (χ3n) is 2.70. The van der Waals surface area contributed by atoms with E-state index in [1.54, 1.807) is 6.07 Å². The highest BCUT2D eigenvalue weighted by Gasteiger charge is 2.21. The van der Waals surface area contributed by atoms with Gasteiger partial charge in [-0.1, -0.05) is 13.8 Å². The van der Waals surface area contributed by atoms with Gasteiger partial charge in [0.2, 0.25) is 0 Å². The van der Waals surface area contributed by atoms with Crippen LogP contribution in [-0.2, 0) is 0 Å². The van der Waals surface area contributed by atoms with Crippen LogP contribution >= 0.6 is 0 Å². The second kappa shape index (κ2) is 4.61. The number of anilines is 1. The zero-order valence-electron chi connectivity index (χ0n) is 10.0. The van der Waals surface area contributed by atoms with Gasteiger partial charge in [-0.05, 0) is 12.0 Å². The average molecular weight is 236 g/mol. The van der Waals surface area contributed by atoms with Gasteiger partial charge in [-0.3, -0.25) is 10.1 Å². The van der Waals surface area contributed by atoms with E-state index in [0.717, 1.165) is 18.8 Å². The molecule has 1 aliphatic heterocycles. The van der Waals surface area contributed by atoms with Gasteiger partial charge in [0.15, 0.2) is 0 Å². The molecular formula is C12H16N2O3. The van der Waals surface area contributed by atoms with Crippen LogP contribution in [0.25, 0.3) is 0 Å². The maximum Gasteiger partial charge on any atom is 0.273 e. The first-order chi connectivity index (χ1) is 8.08. The van der Waals surface area contributed by atoms with Crippen molar-refractivity contribution in [2.24, 2.45) is 5.92 Å². The highest BCUT2D eigenvalue weighted by Crippen LogP contribution is 2.34.